The molecule has 0 radical (unpaired) electrons. The van der Waals surface area contributed by atoms with Crippen LogP contribution in [0.5, 0.6) is 5.75 Å². The zero-order valence-electron chi connectivity index (χ0n) is 15.7. The van der Waals surface area contributed by atoms with Gasteiger partial charge in [-0.3, -0.25) is 9.59 Å². The van der Waals surface area contributed by atoms with Crippen LogP contribution in [0.2, 0.25) is 0 Å². The summed E-state index contributed by atoms with van der Waals surface area (Å²) in [5.74, 6) is -0.905. The lowest BCUT2D eigenvalue weighted by Crippen LogP contribution is -2.41. The zero-order chi connectivity index (χ0) is 20.0. The predicted octanol–water partition coefficient (Wildman–Crippen LogP) is 3.09. The maximum Gasteiger partial charge on any atom is 0.337 e. The highest BCUT2D eigenvalue weighted by Gasteiger charge is 2.36. The third-order valence-corrected chi connectivity index (χ3v) is 4.00. The van der Waals surface area contributed by atoms with E-state index in [2.05, 4.69) is 15.4 Å². The van der Waals surface area contributed by atoms with Crippen LogP contribution in [-0.4, -0.2) is 32.0 Å². The Morgan fingerprint density at radius 2 is 1.41 bits per heavy atom. The van der Waals surface area contributed by atoms with Crippen LogP contribution in [0.25, 0.3) is 0 Å². The first kappa shape index (κ1) is 20.0. The zero-order valence-corrected chi connectivity index (χ0v) is 15.7. The number of methoxy groups -OCH3 is 2. The highest BCUT2D eigenvalue weighted by atomic mass is 16.5. The molecular weight excluding hydrogens is 348 g/mol. The van der Waals surface area contributed by atoms with Crippen molar-refractivity contribution in [1.29, 1.82) is 0 Å². The van der Waals surface area contributed by atoms with E-state index in [9.17, 15) is 14.4 Å². The van der Waals surface area contributed by atoms with Gasteiger partial charge in [0.05, 0.1) is 19.8 Å². The predicted molar refractivity (Wildman–Crippen MR) is 102 cm³/mol. The topological polar surface area (TPSA) is 93.7 Å². The molecule has 2 rings (SSSR count). The summed E-state index contributed by atoms with van der Waals surface area (Å²) in [6, 6.07) is 13.1. The van der Waals surface area contributed by atoms with Crippen molar-refractivity contribution in [3.8, 4) is 5.75 Å². The second-order valence-corrected chi connectivity index (χ2v) is 6.34. The second-order valence-electron chi connectivity index (χ2n) is 6.34. The maximum atomic E-state index is 12.6. The lowest BCUT2D eigenvalue weighted by Gasteiger charge is -2.23. The molecule has 0 aromatic heterocycles. The van der Waals surface area contributed by atoms with Gasteiger partial charge < -0.3 is 20.1 Å². The average Bonchev–Trinajstić information content (AvgIpc) is 2.67. The molecule has 2 amide bonds. The molecule has 142 valence electrons. The molecule has 0 aliphatic heterocycles. The first-order valence-electron chi connectivity index (χ1n) is 8.23. The van der Waals surface area contributed by atoms with Gasteiger partial charge in [0, 0.05) is 17.4 Å². The van der Waals surface area contributed by atoms with Crippen LogP contribution >= 0.6 is 0 Å². The summed E-state index contributed by atoms with van der Waals surface area (Å²) < 4.78 is 9.78. The Morgan fingerprint density at radius 3 is 1.96 bits per heavy atom. The molecule has 7 heteroatoms. The van der Waals surface area contributed by atoms with E-state index in [4.69, 9.17) is 4.74 Å². The lowest BCUT2D eigenvalue weighted by molar-refractivity contribution is -0.135. The number of benzene rings is 2. The molecule has 27 heavy (non-hydrogen) atoms. The minimum atomic E-state index is -1.36. The molecule has 0 spiro atoms. The molecule has 0 aliphatic carbocycles. The van der Waals surface area contributed by atoms with E-state index in [0.29, 0.717) is 22.7 Å². The van der Waals surface area contributed by atoms with Gasteiger partial charge in [0.15, 0.2) is 0 Å². The second kappa shape index (κ2) is 8.35. The van der Waals surface area contributed by atoms with Gasteiger partial charge >= 0.3 is 5.97 Å². The normalized spacial score (nSPS) is 10.7. The molecule has 2 aromatic carbocycles. The number of carbonyl (C=O) groups is 3. The van der Waals surface area contributed by atoms with Crippen molar-refractivity contribution in [3.05, 3.63) is 54.1 Å². The molecule has 0 fully saturated rings. The minimum absolute atomic E-state index is 0.300. The smallest absolute Gasteiger partial charge is 0.337 e. The Bertz CT molecular complexity index is 861. The quantitative estimate of drug-likeness (QED) is 0.602. The summed E-state index contributed by atoms with van der Waals surface area (Å²) in [7, 11) is 2.81. The Morgan fingerprint density at radius 1 is 0.852 bits per heavy atom. The van der Waals surface area contributed by atoms with Crippen LogP contribution in [0.15, 0.2) is 48.5 Å². The van der Waals surface area contributed by atoms with Crippen molar-refractivity contribution in [2.75, 3.05) is 24.9 Å². The number of hydrogen-bond acceptors (Lipinski definition) is 5. The van der Waals surface area contributed by atoms with Gasteiger partial charge in [0.1, 0.15) is 11.2 Å². The van der Waals surface area contributed by atoms with Crippen LogP contribution in [0, 0.1) is 5.41 Å². The average molecular weight is 370 g/mol. The van der Waals surface area contributed by atoms with E-state index in [1.54, 1.807) is 42.5 Å². The number of rotatable bonds is 6. The van der Waals surface area contributed by atoms with Crippen LogP contribution in [-0.2, 0) is 14.3 Å². The fourth-order valence-electron chi connectivity index (χ4n) is 2.22. The van der Waals surface area contributed by atoms with Crippen molar-refractivity contribution in [3.63, 3.8) is 0 Å². The summed E-state index contributed by atoms with van der Waals surface area (Å²) in [6.45, 7) is 3.03. The van der Waals surface area contributed by atoms with Gasteiger partial charge in [-0.25, -0.2) is 4.79 Å². The molecule has 0 saturated carbocycles. The molecule has 0 saturated heterocycles. The van der Waals surface area contributed by atoms with Gasteiger partial charge in [0.25, 0.3) is 0 Å². The standard InChI is InChI=1S/C20H22N2O5/c1-20(2,19(25)22-15-9-6-10-16(12-15)26-3)18(24)21-14-8-5-7-13(11-14)17(23)27-4/h5-12H,1-4H3,(H,21,24)(H,22,25). The van der Waals surface area contributed by atoms with Crippen LogP contribution in [0.4, 0.5) is 11.4 Å². The van der Waals surface area contributed by atoms with Crippen LogP contribution in [0.1, 0.15) is 24.2 Å². The summed E-state index contributed by atoms with van der Waals surface area (Å²) in [5.41, 5.74) is -0.142. The SMILES string of the molecule is COC(=O)c1cccc(NC(=O)C(C)(C)C(=O)Nc2cccc(OC)c2)c1. The van der Waals surface area contributed by atoms with Crippen molar-refractivity contribution < 1.29 is 23.9 Å². The van der Waals surface area contributed by atoms with Crippen LogP contribution < -0.4 is 15.4 Å². The van der Waals surface area contributed by atoms with Gasteiger partial charge in [-0.1, -0.05) is 12.1 Å². The van der Waals surface area contributed by atoms with E-state index in [-0.39, 0.29) is 0 Å². The van der Waals surface area contributed by atoms with Crippen molar-refractivity contribution >= 4 is 29.2 Å². The summed E-state index contributed by atoms with van der Waals surface area (Å²) in [5, 5.41) is 5.37. The summed E-state index contributed by atoms with van der Waals surface area (Å²) in [6.07, 6.45) is 0. The fourth-order valence-corrected chi connectivity index (χ4v) is 2.22. The third-order valence-electron chi connectivity index (χ3n) is 4.00. The van der Waals surface area contributed by atoms with Crippen molar-refractivity contribution in [1.82, 2.24) is 0 Å². The molecule has 0 atom stereocenters. The highest BCUT2D eigenvalue weighted by molar-refractivity contribution is 6.14. The van der Waals surface area contributed by atoms with Gasteiger partial charge in [0.2, 0.25) is 11.8 Å². The fraction of sp³-hybridized carbons (Fsp3) is 0.250. The molecular formula is C20H22N2O5. The van der Waals surface area contributed by atoms with E-state index >= 15 is 0 Å². The summed E-state index contributed by atoms with van der Waals surface area (Å²) >= 11 is 0. The van der Waals surface area contributed by atoms with Gasteiger partial charge in [-0.2, -0.15) is 0 Å². The Kier molecular flexibility index (Phi) is 6.18. The first-order valence-corrected chi connectivity index (χ1v) is 8.23. The Labute approximate surface area is 157 Å². The van der Waals surface area contributed by atoms with Crippen molar-refractivity contribution in [2.24, 2.45) is 5.41 Å². The molecule has 2 N–H and O–H groups in total. The van der Waals surface area contributed by atoms with E-state index in [1.165, 1.54) is 34.1 Å². The molecule has 7 nitrogen and oxygen atoms in total. The minimum Gasteiger partial charge on any atom is -0.497 e. The first-order chi connectivity index (χ1) is 12.8. The van der Waals surface area contributed by atoms with E-state index in [0.717, 1.165) is 0 Å². The number of nitrogens with one attached hydrogen (secondary N) is 2. The molecule has 2 aromatic rings. The maximum absolute atomic E-state index is 12.6. The van der Waals surface area contributed by atoms with Crippen LogP contribution in [0.3, 0.4) is 0 Å². The highest BCUT2D eigenvalue weighted by Crippen LogP contribution is 2.24. The molecule has 0 heterocycles. The van der Waals surface area contributed by atoms with Gasteiger partial charge in [-0.05, 0) is 44.2 Å². The number of amides is 2. The number of ether oxygens (including phenoxy) is 2. The van der Waals surface area contributed by atoms with E-state index in [1.807, 2.05) is 0 Å². The largest absolute Gasteiger partial charge is 0.497 e. The monoisotopic (exact) mass is 370 g/mol. The third kappa shape index (κ3) is 4.84. The Hall–Kier alpha value is -3.35. The molecule has 0 bridgehead atoms. The number of hydrogen-bond donors (Lipinski definition) is 2. The van der Waals surface area contributed by atoms with Gasteiger partial charge in [-0.15, -0.1) is 0 Å². The number of esters is 1. The van der Waals surface area contributed by atoms with E-state index < -0.39 is 23.2 Å². The lowest BCUT2D eigenvalue weighted by atomic mass is 9.90. The summed E-state index contributed by atoms with van der Waals surface area (Å²) in [4.78, 5) is 36.8. The number of carbonyl (C=O) groups excluding carboxylic acids is 3. The molecule has 0 unspecified atom stereocenters. The van der Waals surface area contributed by atoms with Crippen molar-refractivity contribution in [2.45, 2.75) is 13.8 Å². The number of anilines is 2. The molecule has 0 aliphatic rings. The Balaban J connectivity index is 2.11.